The first-order valence-electron chi connectivity index (χ1n) is 5.58. The highest BCUT2D eigenvalue weighted by Crippen LogP contribution is 2.28. The lowest BCUT2D eigenvalue weighted by Gasteiger charge is -2.35. The summed E-state index contributed by atoms with van der Waals surface area (Å²) < 4.78 is 6.77. The largest absolute Gasteiger partial charge is 0.388 e. The maximum atomic E-state index is 9.95. The molecule has 0 saturated carbocycles. The molecule has 1 aliphatic heterocycles. The Balaban J connectivity index is 2.03. The van der Waals surface area contributed by atoms with Crippen molar-refractivity contribution >= 4 is 22.8 Å². The third kappa shape index (κ3) is 1.97. The number of fused-ring (bicyclic) bond motifs is 1. The first kappa shape index (κ1) is 12.7. The first-order chi connectivity index (χ1) is 9.09. The van der Waals surface area contributed by atoms with Gasteiger partial charge in [-0.05, 0) is 0 Å². The van der Waals surface area contributed by atoms with E-state index in [0.29, 0.717) is 11.2 Å². The normalized spacial score (nSPS) is 31.8. The summed E-state index contributed by atoms with van der Waals surface area (Å²) in [6.07, 6.45) is -1.95. The van der Waals surface area contributed by atoms with Crippen molar-refractivity contribution in [3.8, 4) is 0 Å². The van der Waals surface area contributed by atoms with Gasteiger partial charge in [0.2, 0.25) is 0 Å². The van der Waals surface area contributed by atoms with Crippen LogP contribution in [-0.2, 0) is 4.74 Å². The number of aliphatic hydroxyl groups is 3. The SMILES string of the molecule is O[C@@H]1[C@H](O)[C@H](O)CO[C@H]1n1cnc2c(Cl)ncnc21. The van der Waals surface area contributed by atoms with E-state index in [1.165, 1.54) is 17.2 Å². The van der Waals surface area contributed by atoms with Gasteiger partial charge in [0.15, 0.2) is 17.0 Å². The first-order valence-corrected chi connectivity index (χ1v) is 5.96. The maximum Gasteiger partial charge on any atom is 0.167 e. The zero-order valence-electron chi connectivity index (χ0n) is 9.59. The van der Waals surface area contributed by atoms with Gasteiger partial charge in [-0.1, -0.05) is 11.6 Å². The molecule has 9 heteroatoms. The molecule has 0 amide bonds. The van der Waals surface area contributed by atoms with Gasteiger partial charge in [-0.2, -0.15) is 0 Å². The lowest BCUT2D eigenvalue weighted by atomic mass is 10.0. The number of aromatic nitrogens is 4. The van der Waals surface area contributed by atoms with Crippen LogP contribution in [0.25, 0.3) is 11.2 Å². The number of rotatable bonds is 1. The van der Waals surface area contributed by atoms with Crippen LogP contribution < -0.4 is 0 Å². The molecule has 8 nitrogen and oxygen atoms in total. The number of nitrogens with zero attached hydrogens (tertiary/aromatic N) is 4. The topological polar surface area (TPSA) is 114 Å². The zero-order chi connectivity index (χ0) is 13.6. The van der Waals surface area contributed by atoms with Gasteiger partial charge in [0.25, 0.3) is 0 Å². The molecule has 102 valence electrons. The number of imidazole rings is 1. The van der Waals surface area contributed by atoms with Gasteiger partial charge >= 0.3 is 0 Å². The second-order valence-corrected chi connectivity index (χ2v) is 4.62. The summed E-state index contributed by atoms with van der Waals surface area (Å²) >= 11 is 5.88. The van der Waals surface area contributed by atoms with E-state index in [9.17, 15) is 15.3 Å². The summed E-state index contributed by atoms with van der Waals surface area (Å²) in [5.41, 5.74) is 0.758. The van der Waals surface area contributed by atoms with Crippen molar-refractivity contribution in [3.63, 3.8) is 0 Å². The minimum atomic E-state index is -1.30. The molecule has 3 rings (SSSR count). The Morgan fingerprint density at radius 3 is 2.79 bits per heavy atom. The van der Waals surface area contributed by atoms with E-state index in [0.717, 1.165) is 0 Å². The van der Waals surface area contributed by atoms with E-state index < -0.39 is 24.5 Å². The Labute approximate surface area is 112 Å². The predicted octanol–water partition coefficient (Wildman–Crippen LogP) is -0.909. The fraction of sp³-hybridized carbons (Fsp3) is 0.500. The highest BCUT2D eigenvalue weighted by Gasteiger charge is 2.39. The Hall–Kier alpha value is -1.32. The van der Waals surface area contributed by atoms with Crippen LogP contribution in [-0.4, -0.2) is 59.8 Å². The Bertz CT molecular complexity index is 606. The van der Waals surface area contributed by atoms with E-state index in [1.54, 1.807) is 0 Å². The lowest BCUT2D eigenvalue weighted by molar-refractivity contribution is -0.210. The fourth-order valence-corrected chi connectivity index (χ4v) is 2.22. The van der Waals surface area contributed by atoms with Crippen LogP contribution in [0, 0.1) is 0 Å². The van der Waals surface area contributed by atoms with Gasteiger partial charge in [0.1, 0.15) is 30.2 Å². The molecule has 0 aliphatic carbocycles. The summed E-state index contributed by atoms with van der Waals surface area (Å²) in [6.45, 7) is -0.0959. The third-order valence-corrected chi connectivity index (χ3v) is 3.34. The fourth-order valence-electron chi connectivity index (χ4n) is 2.05. The van der Waals surface area contributed by atoms with E-state index in [4.69, 9.17) is 16.3 Å². The number of hydrogen-bond donors (Lipinski definition) is 3. The van der Waals surface area contributed by atoms with Crippen LogP contribution in [0.15, 0.2) is 12.7 Å². The van der Waals surface area contributed by atoms with Gasteiger partial charge in [-0.25, -0.2) is 15.0 Å². The van der Waals surface area contributed by atoms with Crippen molar-refractivity contribution in [2.45, 2.75) is 24.5 Å². The third-order valence-electron chi connectivity index (χ3n) is 3.06. The van der Waals surface area contributed by atoms with Crippen LogP contribution in [0.5, 0.6) is 0 Å². The molecule has 3 heterocycles. The van der Waals surface area contributed by atoms with Crippen LogP contribution in [0.4, 0.5) is 0 Å². The minimum absolute atomic E-state index is 0.0959. The Morgan fingerprint density at radius 2 is 2.00 bits per heavy atom. The van der Waals surface area contributed by atoms with Crippen molar-refractivity contribution < 1.29 is 20.1 Å². The summed E-state index contributed by atoms with van der Waals surface area (Å²) in [6, 6.07) is 0. The average Bonchev–Trinajstić information content (AvgIpc) is 2.82. The van der Waals surface area contributed by atoms with Crippen LogP contribution in [0.3, 0.4) is 0 Å². The van der Waals surface area contributed by atoms with Gasteiger partial charge in [0, 0.05) is 0 Å². The van der Waals surface area contributed by atoms with Crippen molar-refractivity contribution in [2.24, 2.45) is 0 Å². The monoisotopic (exact) mass is 286 g/mol. The number of ether oxygens (including phenoxy) is 1. The molecule has 1 aliphatic rings. The Morgan fingerprint density at radius 1 is 1.21 bits per heavy atom. The van der Waals surface area contributed by atoms with Crippen LogP contribution >= 0.6 is 11.6 Å². The highest BCUT2D eigenvalue weighted by molar-refractivity contribution is 6.33. The molecule has 1 fully saturated rings. The molecule has 0 aromatic carbocycles. The molecular formula is C10H11ClN4O4. The smallest absolute Gasteiger partial charge is 0.167 e. The zero-order valence-corrected chi connectivity index (χ0v) is 10.3. The van der Waals surface area contributed by atoms with Gasteiger partial charge in [-0.15, -0.1) is 0 Å². The molecule has 2 aromatic heterocycles. The molecule has 0 spiro atoms. The molecule has 3 N–H and O–H groups in total. The predicted molar refractivity (Wildman–Crippen MR) is 63.3 cm³/mol. The van der Waals surface area contributed by atoms with Crippen molar-refractivity contribution in [1.29, 1.82) is 0 Å². The van der Waals surface area contributed by atoms with E-state index in [2.05, 4.69) is 15.0 Å². The summed E-state index contributed by atoms with van der Waals surface area (Å²) in [4.78, 5) is 11.9. The van der Waals surface area contributed by atoms with E-state index >= 15 is 0 Å². The molecular weight excluding hydrogens is 276 g/mol. The molecule has 0 radical (unpaired) electrons. The van der Waals surface area contributed by atoms with Crippen molar-refractivity contribution in [3.05, 3.63) is 17.8 Å². The summed E-state index contributed by atoms with van der Waals surface area (Å²) in [5.74, 6) is 0. The molecule has 4 atom stereocenters. The van der Waals surface area contributed by atoms with Crippen molar-refractivity contribution in [2.75, 3.05) is 6.61 Å². The number of halogens is 1. The number of hydrogen-bond acceptors (Lipinski definition) is 7. The molecule has 0 unspecified atom stereocenters. The summed E-state index contributed by atoms with van der Waals surface area (Å²) in [5, 5.41) is 29.2. The van der Waals surface area contributed by atoms with Gasteiger partial charge in [0.05, 0.1) is 12.9 Å². The molecule has 0 bridgehead atoms. The molecule has 19 heavy (non-hydrogen) atoms. The van der Waals surface area contributed by atoms with Gasteiger partial charge in [-0.3, -0.25) is 4.57 Å². The lowest BCUT2D eigenvalue weighted by Crippen LogP contribution is -2.50. The molecule has 1 saturated heterocycles. The van der Waals surface area contributed by atoms with Gasteiger partial charge < -0.3 is 20.1 Å². The standard InChI is InChI=1S/C10H11ClN4O4/c11-8-5-9(13-2-12-8)15(3-14-5)10-7(18)6(17)4(16)1-19-10/h2-4,6-7,10,16-18H,1H2/t4-,6-,7-,10-/m1/s1. The second-order valence-electron chi connectivity index (χ2n) is 4.26. The maximum absolute atomic E-state index is 9.95. The minimum Gasteiger partial charge on any atom is -0.388 e. The average molecular weight is 287 g/mol. The highest BCUT2D eigenvalue weighted by atomic mass is 35.5. The van der Waals surface area contributed by atoms with Crippen LogP contribution in [0.2, 0.25) is 5.15 Å². The summed E-state index contributed by atoms with van der Waals surface area (Å²) in [7, 11) is 0. The second kappa shape index (κ2) is 4.66. The molecule has 2 aromatic rings. The Kier molecular flexibility index (Phi) is 3.11. The number of aliphatic hydroxyl groups excluding tert-OH is 3. The van der Waals surface area contributed by atoms with E-state index in [-0.39, 0.29) is 11.8 Å². The quantitative estimate of drug-likeness (QED) is 0.582. The van der Waals surface area contributed by atoms with Crippen LogP contribution in [0.1, 0.15) is 6.23 Å². The van der Waals surface area contributed by atoms with E-state index in [1.807, 2.05) is 0 Å². The van der Waals surface area contributed by atoms with Crippen molar-refractivity contribution in [1.82, 2.24) is 19.5 Å².